The van der Waals surface area contributed by atoms with Crippen molar-refractivity contribution < 1.29 is 23.2 Å². The molecule has 5 atom stereocenters. The van der Waals surface area contributed by atoms with Crippen LogP contribution in [0.15, 0.2) is 11.6 Å². The van der Waals surface area contributed by atoms with E-state index < -0.39 is 23.8 Å². The van der Waals surface area contributed by atoms with Crippen LogP contribution in [0, 0.1) is 55.7 Å². The maximum Gasteiger partial charge on any atom is 0.255 e. The van der Waals surface area contributed by atoms with Gasteiger partial charge in [-0.25, -0.2) is 8.78 Å². The first-order chi connectivity index (χ1) is 20.0. The zero-order chi connectivity index (χ0) is 33.9. The molecule has 1 fully saturated rings. The number of carbonyl (C=O) groups excluding carboxylic acids is 3. The van der Waals surface area contributed by atoms with Crippen molar-refractivity contribution in [2.45, 2.75) is 147 Å². The predicted octanol–water partition coefficient (Wildman–Crippen LogP) is 9.25. The Balaban J connectivity index is 2.48. The third-order valence-corrected chi connectivity index (χ3v) is 12.3. The summed E-state index contributed by atoms with van der Waals surface area (Å²) in [6, 6.07) is 2.16. The molecule has 0 aromatic rings. The highest BCUT2D eigenvalue weighted by Gasteiger charge is 2.63. The van der Waals surface area contributed by atoms with Gasteiger partial charge in [-0.15, -0.1) is 0 Å². The van der Waals surface area contributed by atoms with Crippen LogP contribution in [-0.4, -0.2) is 30.4 Å². The Morgan fingerprint density at radius 2 is 1.64 bits per heavy atom. The van der Waals surface area contributed by atoms with Gasteiger partial charge in [0.05, 0.1) is 12.1 Å². The van der Waals surface area contributed by atoms with E-state index in [0.717, 1.165) is 51.4 Å². The number of ketones is 2. The van der Waals surface area contributed by atoms with Gasteiger partial charge in [0, 0.05) is 18.3 Å². The normalized spacial score (nSPS) is 28.5. The molecule has 2 rings (SSSR count). The number of hydrogen-bond acceptors (Lipinski definition) is 4. The van der Waals surface area contributed by atoms with Gasteiger partial charge in [-0.2, -0.15) is 5.26 Å². The van der Waals surface area contributed by atoms with Gasteiger partial charge in [0.2, 0.25) is 5.91 Å². The molecule has 2 aliphatic rings. The summed E-state index contributed by atoms with van der Waals surface area (Å²) in [7, 11) is 0. The van der Waals surface area contributed by atoms with Crippen molar-refractivity contribution in [3.63, 3.8) is 0 Å². The Bertz CT molecular complexity index is 1150. The van der Waals surface area contributed by atoms with Crippen molar-refractivity contribution in [1.29, 1.82) is 5.26 Å². The Kier molecular flexibility index (Phi) is 11.9. The molecule has 0 saturated heterocycles. The summed E-state index contributed by atoms with van der Waals surface area (Å²) >= 11 is 0. The molecule has 1 saturated carbocycles. The van der Waals surface area contributed by atoms with E-state index in [9.17, 15) is 28.4 Å². The zero-order valence-electron chi connectivity index (χ0n) is 29.5. The van der Waals surface area contributed by atoms with E-state index in [1.807, 2.05) is 19.9 Å². The van der Waals surface area contributed by atoms with Crippen LogP contribution >= 0.6 is 0 Å². The number of halogens is 2. The summed E-state index contributed by atoms with van der Waals surface area (Å²) in [5, 5.41) is 12.4. The molecule has 0 heterocycles. The molecule has 5 nitrogen and oxygen atoms in total. The lowest BCUT2D eigenvalue weighted by Gasteiger charge is -2.64. The van der Waals surface area contributed by atoms with Crippen LogP contribution in [0.2, 0.25) is 0 Å². The largest absolute Gasteiger partial charge is 0.350 e. The number of amides is 1. The molecule has 0 aliphatic heterocycles. The van der Waals surface area contributed by atoms with Crippen LogP contribution in [-0.2, 0) is 14.4 Å². The Labute approximate surface area is 266 Å². The highest BCUT2D eigenvalue weighted by atomic mass is 19.3. The van der Waals surface area contributed by atoms with Crippen LogP contribution < -0.4 is 5.32 Å². The van der Waals surface area contributed by atoms with E-state index in [4.69, 9.17) is 0 Å². The zero-order valence-corrected chi connectivity index (χ0v) is 29.5. The lowest BCUT2D eigenvalue weighted by Crippen LogP contribution is -2.60. The predicted molar refractivity (Wildman–Crippen MR) is 173 cm³/mol. The van der Waals surface area contributed by atoms with Gasteiger partial charge < -0.3 is 10.1 Å². The molecule has 2 aliphatic carbocycles. The molecule has 0 radical (unpaired) electrons. The van der Waals surface area contributed by atoms with E-state index in [1.54, 1.807) is 6.92 Å². The number of rotatable bonds is 15. The SMILES string of the molecule is CCCC(C)(C)CC[C@@](C)(CCC(C)(C)[C@]1(C)CC[C@H]2C(C)(C)C(=O)C(C#N)=C[C@]2(C)[C@H]1CC(C)=O)CC(=O)NCC(F)F. The third-order valence-electron chi connectivity index (χ3n) is 12.3. The molecule has 0 bridgehead atoms. The Morgan fingerprint density at radius 1 is 1.05 bits per heavy atom. The first-order valence-electron chi connectivity index (χ1n) is 16.7. The second-order valence-electron chi connectivity index (χ2n) is 17.0. The van der Waals surface area contributed by atoms with E-state index in [2.05, 4.69) is 66.8 Å². The minimum atomic E-state index is -2.59. The number of carbonyl (C=O) groups is 3. The van der Waals surface area contributed by atoms with Crippen LogP contribution in [0.5, 0.6) is 0 Å². The first kappa shape index (κ1) is 38.1. The third kappa shape index (κ3) is 8.18. The fraction of sp³-hybridized carbons (Fsp3) is 0.838. The fourth-order valence-electron chi connectivity index (χ4n) is 8.99. The molecule has 44 heavy (non-hydrogen) atoms. The molecular weight excluding hydrogens is 558 g/mol. The molecule has 1 amide bonds. The Morgan fingerprint density at radius 3 is 2.16 bits per heavy atom. The van der Waals surface area contributed by atoms with Crippen LogP contribution in [0.25, 0.3) is 0 Å². The average molecular weight is 619 g/mol. The standard InChI is InChI=1S/C37H60F2N2O3/c1-12-14-32(3,4)16-18-35(9,22-30(43)41-24-29(38)39)19-17-33(5,6)37(11)15-13-27-34(7,8)31(44)26(23-40)21-36(27,10)28(37)20-25(2)42/h21,27-29H,12-20,22,24H2,1-11H3,(H,41,43)/t27-,28+,35-,36-,37+/m0/s1. The topological polar surface area (TPSA) is 87.0 Å². The number of nitrogens with zero attached hydrogens (tertiary/aromatic N) is 1. The molecule has 0 unspecified atom stereocenters. The van der Waals surface area contributed by atoms with Crippen molar-refractivity contribution in [2.24, 2.45) is 44.3 Å². The smallest absolute Gasteiger partial charge is 0.255 e. The monoisotopic (exact) mass is 618 g/mol. The molecule has 250 valence electrons. The molecule has 0 spiro atoms. The number of alkyl halides is 2. The summed E-state index contributed by atoms with van der Waals surface area (Å²) in [6.45, 7) is 22.6. The molecule has 1 N–H and O–H groups in total. The Hall–Kier alpha value is -2.10. The van der Waals surface area contributed by atoms with E-state index in [-0.39, 0.29) is 63.0 Å². The van der Waals surface area contributed by atoms with Crippen LogP contribution in [0.4, 0.5) is 8.78 Å². The van der Waals surface area contributed by atoms with Gasteiger partial charge in [0.1, 0.15) is 11.9 Å². The summed E-state index contributed by atoms with van der Waals surface area (Å²) in [6.07, 6.45) is 6.97. The summed E-state index contributed by atoms with van der Waals surface area (Å²) in [4.78, 5) is 39.0. The van der Waals surface area contributed by atoms with Gasteiger partial charge in [-0.3, -0.25) is 9.59 Å². The number of fused-ring (bicyclic) bond motifs is 1. The minimum absolute atomic E-state index is 0.0115. The summed E-state index contributed by atoms with van der Waals surface area (Å²) in [5.41, 5.74) is -1.83. The molecule has 0 aromatic carbocycles. The maximum absolute atomic E-state index is 13.3. The fourth-order valence-corrected chi connectivity index (χ4v) is 8.99. The van der Waals surface area contributed by atoms with Gasteiger partial charge in [0.25, 0.3) is 6.43 Å². The molecule has 0 aromatic heterocycles. The van der Waals surface area contributed by atoms with Crippen molar-refractivity contribution in [3.8, 4) is 6.07 Å². The van der Waals surface area contributed by atoms with Crippen molar-refractivity contribution in [1.82, 2.24) is 5.32 Å². The number of hydrogen-bond donors (Lipinski definition) is 1. The van der Waals surface area contributed by atoms with E-state index >= 15 is 0 Å². The number of Topliss-reactive ketones (excluding diaryl/α,β-unsaturated/α-hetero) is 2. The number of nitrogens with one attached hydrogen (secondary N) is 1. The van der Waals surface area contributed by atoms with Gasteiger partial charge >= 0.3 is 0 Å². The van der Waals surface area contributed by atoms with E-state index in [1.165, 1.54) is 0 Å². The highest BCUT2D eigenvalue weighted by molar-refractivity contribution is 6.04. The number of allylic oxidation sites excluding steroid dienone is 2. The quantitative estimate of drug-likeness (QED) is 0.198. The highest BCUT2D eigenvalue weighted by Crippen LogP contribution is 2.68. The average Bonchev–Trinajstić information content (AvgIpc) is 2.89. The maximum atomic E-state index is 13.3. The molecular formula is C37H60F2N2O3. The van der Waals surface area contributed by atoms with Crippen molar-refractivity contribution >= 4 is 17.5 Å². The summed E-state index contributed by atoms with van der Waals surface area (Å²) in [5.74, 6) is -0.424. The summed E-state index contributed by atoms with van der Waals surface area (Å²) < 4.78 is 25.8. The minimum Gasteiger partial charge on any atom is -0.350 e. The van der Waals surface area contributed by atoms with Gasteiger partial charge in [-0.1, -0.05) is 81.7 Å². The van der Waals surface area contributed by atoms with Gasteiger partial charge in [0.15, 0.2) is 5.78 Å². The second-order valence-corrected chi connectivity index (χ2v) is 17.0. The lowest BCUT2D eigenvalue weighted by molar-refractivity contribution is -0.156. The van der Waals surface area contributed by atoms with E-state index in [0.29, 0.717) is 6.42 Å². The van der Waals surface area contributed by atoms with Crippen LogP contribution in [0.3, 0.4) is 0 Å². The van der Waals surface area contributed by atoms with Crippen molar-refractivity contribution in [3.05, 3.63) is 11.6 Å². The van der Waals surface area contributed by atoms with Crippen LogP contribution in [0.1, 0.15) is 140 Å². The second kappa shape index (κ2) is 13.7. The number of nitriles is 1. The lowest BCUT2D eigenvalue weighted by atomic mass is 9.39. The van der Waals surface area contributed by atoms with Gasteiger partial charge in [-0.05, 0) is 90.8 Å². The van der Waals surface area contributed by atoms with Crippen molar-refractivity contribution in [2.75, 3.05) is 6.54 Å². The first-order valence-corrected chi connectivity index (χ1v) is 16.7. The molecule has 7 heteroatoms.